The monoisotopic (exact) mass is 607 g/mol. The lowest BCUT2D eigenvalue weighted by Gasteiger charge is -2.48. The Hall–Kier alpha value is -4.02. The second-order valence-electron chi connectivity index (χ2n) is 11.2. The van der Waals surface area contributed by atoms with Crippen molar-refractivity contribution in [3.8, 4) is 5.69 Å². The van der Waals surface area contributed by atoms with Gasteiger partial charge in [0.25, 0.3) is 21.5 Å². The summed E-state index contributed by atoms with van der Waals surface area (Å²) in [6.07, 6.45) is 0. The maximum atomic E-state index is 13.9. The molecule has 1 saturated heterocycles. The van der Waals surface area contributed by atoms with Gasteiger partial charge in [0.2, 0.25) is 0 Å². The number of hydrogen-bond acceptors (Lipinski definition) is 5. The van der Waals surface area contributed by atoms with Crippen molar-refractivity contribution in [3.05, 3.63) is 105 Å². The SMILES string of the molecule is Cc1ccc(S(=O)(=O)Nc2c(C)n(C)n(-c3ccccc3)c2=O)cc1C(=O)N1CCN(c2ccc(Cl)cc2)CC1(C)C. The highest BCUT2D eigenvalue weighted by Gasteiger charge is 2.38. The second-order valence-corrected chi connectivity index (χ2v) is 13.3. The van der Waals surface area contributed by atoms with Crippen LogP contribution in [0.2, 0.25) is 5.02 Å². The van der Waals surface area contributed by atoms with Gasteiger partial charge in [-0.15, -0.1) is 0 Å². The molecule has 1 aliphatic heterocycles. The minimum atomic E-state index is -4.19. The summed E-state index contributed by atoms with van der Waals surface area (Å²) in [5.41, 5.74) is 1.99. The van der Waals surface area contributed by atoms with Gasteiger partial charge in [-0.1, -0.05) is 35.9 Å². The molecule has 0 unspecified atom stereocenters. The summed E-state index contributed by atoms with van der Waals surface area (Å²) in [5, 5.41) is 0.663. The first-order valence-electron chi connectivity index (χ1n) is 13.6. The van der Waals surface area contributed by atoms with E-state index in [0.717, 1.165) is 5.69 Å². The number of anilines is 2. The molecular formula is C31H34ClN5O4S. The van der Waals surface area contributed by atoms with Crippen molar-refractivity contribution in [3.63, 3.8) is 0 Å². The zero-order valence-electron chi connectivity index (χ0n) is 24.3. The highest BCUT2D eigenvalue weighted by atomic mass is 35.5. The first-order chi connectivity index (χ1) is 19.8. The zero-order chi connectivity index (χ0) is 30.4. The lowest BCUT2D eigenvalue weighted by Crippen LogP contribution is -2.61. The summed E-state index contributed by atoms with van der Waals surface area (Å²) >= 11 is 6.06. The molecule has 220 valence electrons. The Morgan fingerprint density at radius 1 is 0.929 bits per heavy atom. The van der Waals surface area contributed by atoms with Crippen molar-refractivity contribution < 1.29 is 13.2 Å². The van der Waals surface area contributed by atoms with Gasteiger partial charge in [0.1, 0.15) is 5.69 Å². The van der Waals surface area contributed by atoms with E-state index in [4.69, 9.17) is 11.6 Å². The summed E-state index contributed by atoms with van der Waals surface area (Å²) in [7, 11) is -2.50. The number of aryl methyl sites for hydroxylation is 1. The number of carbonyl (C=O) groups is 1. The van der Waals surface area contributed by atoms with Crippen LogP contribution in [-0.4, -0.2) is 53.8 Å². The van der Waals surface area contributed by atoms with Crippen LogP contribution < -0.4 is 15.2 Å². The summed E-state index contributed by atoms with van der Waals surface area (Å²) in [6.45, 7) is 9.14. The first-order valence-corrected chi connectivity index (χ1v) is 15.5. The average Bonchev–Trinajstić information content (AvgIpc) is 3.15. The van der Waals surface area contributed by atoms with Gasteiger partial charge < -0.3 is 9.80 Å². The molecule has 0 bridgehead atoms. The molecule has 11 heteroatoms. The van der Waals surface area contributed by atoms with E-state index in [1.54, 1.807) is 60.8 Å². The van der Waals surface area contributed by atoms with Crippen LogP contribution in [0.3, 0.4) is 0 Å². The van der Waals surface area contributed by atoms with Crippen molar-refractivity contribution in [2.24, 2.45) is 7.05 Å². The maximum absolute atomic E-state index is 13.9. The van der Waals surface area contributed by atoms with Gasteiger partial charge in [0, 0.05) is 43.0 Å². The van der Waals surface area contributed by atoms with E-state index in [1.165, 1.54) is 16.8 Å². The van der Waals surface area contributed by atoms with Gasteiger partial charge in [-0.2, -0.15) is 0 Å². The number of halogens is 1. The largest absolute Gasteiger partial charge is 0.367 e. The van der Waals surface area contributed by atoms with Crippen LogP contribution in [0.4, 0.5) is 11.4 Å². The van der Waals surface area contributed by atoms with Crippen molar-refractivity contribution in [2.45, 2.75) is 38.1 Å². The summed E-state index contributed by atoms with van der Waals surface area (Å²) < 4.78 is 32.6. The zero-order valence-corrected chi connectivity index (χ0v) is 25.8. The van der Waals surface area contributed by atoms with E-state index in [1.807, 2.05) is 44.2 Å². The Morgan fingerprint density at radius 2 is 1.60 bits per heavy atom. The second kappa shape index (κ2) is 11.0. The summed E-state index contributed by atoms with van der Waals surface area (Å²) in [4.78, 5) is 31.1. The summed E-state index contributed by atoms with van der Waals surface area (Å²) in [5.74, 6) is -0.243. The third kappa shape index (κ3) is 5.44. The van der Waals surface area contributed by atoms with Crippen LogP contribution in [0, 0.1) is 13.8 Å². The molecule has 1 aliphatic rings. The van der Waals surface area contributed by atoms with Crippen LogP contribution >= 0.6 is 11.6 Å². The quantitative estimate of drug-likeness (QED) is 0.333. The topological polar surface area (TPSA) is 96.6 Å². The number of nitrogens with one attached hydrogen (secondary N) is 1. The number of carbonyl (C=O) groups excluding carboxylic acids is 1. The van der Waals surface area contributed by atoms with Crippen LogP contribution in [0.5, 0.6) is 0 Å². The fourth-order valence-electron chi connectivity index (χ4n) is 5.43. The fourth-order valence-corrected chi connectivity index (χ4v) is 6.69. The standard InChI is InChI=1S/C31H34ClN5O4S/c1-21-11-16-26(42(40,41)33-28-22(2)34(5)37(30(28)39)25-9-7-6-8-10-25)19-27(21)29(38)36-18-17-35(20-31(36,3)4)24-14-12-23(32)13-15-24/h6-16,19,33H,17-18,20H2,1-5H3. The van der Waals surface area contributed by atoms with Gasteiger partial charge in [-0.25, -0.2) is 13.1 Å². The molecule has 9 nitrogen and oxygen atoms in total. The van der Waals surface area contributed by atoms with Crippen molar-refractivity contribution >= 4 is 38.9 Å². The molecule has 1 N–H and O–H groups in total. The van der Waals surface area contributed by atoms with Crippen LogP contribution in [0.25, 0.3) is 5.69 Å². The Kier molecular flexibility index (Phi) is 7.72. The Morgan fingerprint density at radius 3 is 2.24 bits per heavy atom. The fraction of sp³-hybridized carbons (Fsp3) is 0.290. The number of aromatic nitrogens is 2. The van der Waals surface area contributed by atoms with Crippen LogP contribution in [0.15, 0.2) is 82.5 Å². The van der Waals surface area contributed by atoms with Crippen molar-refractivity contribution in [2.75, 3.05) is 29.3 Å². The number of nitrogens with zero attached hydrogens (tertiary/aromatic N) is 4. The molecule has 3 aromatic carbocycles. The number of rotatable bonds is 6. The number of para-hydroxylation sites is 1. The van der Waals surface area contributed by atoms with Crippen LogP contribution in [0.1, 0.15) is 35.5 Å². The molecule has 2 heterocycles. The number of hydrogen-bond donors (Lipinski definition) is 1. The minimum Gasteiger partial charge on any atom is -0.367 e. The van der Waals surface area contributed by atoms with E-state index in [-0.39, 0.29) is 16.5 Å². The van der Waals surface area contributed by atoms with E-state index in [9.17, 15) is 18.0 Å². The number of piperazine rings is 1. The predicted octanol–water partition coefficient (Wildman–Crippen LogP) is 4.99. The van der Waals surface area contributed by atoms with Gasteiger partial charge in [-0.3, -0.25) is 19.0 Å². The van der Waals surface area contributed by atoms with E-state index < -0.39 is 21.1 Å². The summed E-state index contributed by atoms with van der Waals surface area (Å²) in [6, 6.07) is 21.1. The molecular weight excluding hydrogens is 574 g/mol. The Labute approximate surface area is 251 Å². The van der Waals surface area contributed by atoms with E-state index >= 15 is 0 Å². The van der Waals surface area contributed by atoms with Gasteiger partial charge in [0.15, 0.2) is 0 Å². The first kappa shape index (κ1) is 29.5. The molecule has 0 radical (unpaired) electrons. The molecule has 0 spiro atoms. The third-order valence-electron chi connectivity index (χ3n) is 7.88. The molecule has 1 aromatic heterocycles. The average molecular weight is 608 g/mol. The normalized spacial score (nSPS) is 15.1. The number of sulfonamides is 1. The molecule has 0 saturated carbocycles. The smallest absolute Gasteiger partial charge is 0.296 e. The molecule has 4 aromatic rings. The minimum absolute atomic E-state index is 0.0470. The molecule has 5 rings (SSSR count). The highest BCUT2D eigenvalue weighted by Crippen LogP contribution is 2.29. The van der Waals surface area contributed by atoms with Gasteiger partial charge >= 0.3 is 0 Å². The highest BCUT2D eigenvalue weighted by molar-refractivity contribution is 7.92. The molecule has 42 heavy (non-hydrogen) atoms. The number of amides is 1. The van der Waals surface area contributed by atoms with E-state index in [2.05, 4.69) is 9.62 Å². The van der Waals surface area contributed by atoms with Gasteiger partial charge in [0.05, 0.1) is 21.8 Å². The Bertz CT molecular complexity index is 1810. The number of benzene rings is 3. The van der Waals surface area contributed by atoms with Crippen molar-refractivity contribution in [1.29, 1.82) is 0 Å². The van der Waals surface area contributed by atoms with Crippen LogP contribution in [-0.2, 0) is 17.1 Å². The van der Waals surface area contributed by atoms with Gasteiger partial charge in [-0.05, 0) is 81.8 Å². The lowest BCUT2D eigenvalue weighted by molar-refractivity contribution is 0.0513. The predicted molar refractivity (Wildman–Crippen MR) is 167 cm³/mol. The third-order valence-corrected chi connectivity index (χ3v) is 9.48. The molecule has 1 amide bonds. The molecule has 1 fully saturated rings. The molecule has 0 atom stereocenters. The maximum Gasteiger partial charge on any atom is 0.296 e. The van der Waals surface area contributed by atoms with E-state index in [0.29, 0.717) is 47.2 Å². The molecule has 0 aliphatic carbocycles. The Balaban J connectivity index is 1.42. The van der Waals surface area contributed by atoms with Crippen molar-refractivity contribution in [1.82, 2.24) is 14.3 Å². The lowest BCUT2D eigenvalue weighted by atomic mass is 9.96.